The largest absolute Gasteiger partial charge is 0.445 e. The van der Waals surface area contributed by atoms with E-state index in [1.54, 1.807) is 6.92 Å². The number of hydrogen-bond acceptors (Lipinski definition) is 5. The zero-order chi connectivity index (χ0) is 12.3. The van der Waals surface area contributed by atoms with E-state index in [0.29, 0.717) is 0 Å². The van der Waals surface area contributed by atoms with Crippen molar-refractivity contribution in [1.82, 2.24) is 10.2 Å². The van der Waals surface area contributed by atoms with Gasteiger partial charge in [0.25, 0.3) is 0 Å². The molecule has 1 atom stereocenters. The van der Waals surface area contributed by atoms with Crippen molar-refractivity contribution in [3.63, 3.8) is 0 Å². The SMILES string of the molecule is CC(CN)C(=O)Nc1nnc(C(F)(F)F)s1. The number of nitrogens with one attached hydrogen (secondary N) is 1. The van der Waals surface area contributed by atoms with Crippen molar-refractivity contribution in [2.24, 2.45) is 11.7 Å². The third kappa shape index (κ3) is 3.14. The lowest BCUT2D eigenvalue weighted by Crippen LogP contribution is -2.26. The molecule has 0 spiro atoms. The highest BCUT2D eigenvalue weighted by Gasteiger charge is 2.35. The molecule has 3 N–H and O–H groups in total. The highest BCUT2D eigenvalue weighted by atomic mass is 32.1. The van der Waals surface area contributed by atoms with Gasteiger partial charge >= 0.3 is 6.18 Å². The number of anilines is 1. The first-order chi connectivity index (χ1) is 7.34. The van der Waals surface area contributed by atoms with Crippen LogP contribution < -0.4 is 11.1 Å². The average molecular weight is 254 g/mol. The van der Waals surface area contributed by atoms with Crippen LogP contribution in [0.25, 0.3) is 0 Å². The molecule has 90 valence electrons. The number of amides is 1. The molecule has 5 nitrogen and oxygen atoms in total. The van der Waals surface area contributed by atoms with E-state index >= 15 is 0 Å². The Balaban J connectivity index is 2.70. The molecule has 0 aliphatic heterocycles. The highest BCUT2D eigenvalue weighted by Crippen LogP contribution is 2.32. The van der Waals surface area contributed by atoms with Gasteiger partial charge in [-0.05, 0) is 0 Å². The zero-order valence-electron chi connectivity index (χ0n) is 8.21. The van der Waals surface area contributed by atoms with Gasteiger partial charge in [0.15, 0.2) is 0 Å². The first-order valence-electron chi connectivity index (χ1n) is 4.26. The van der Waals surface area contributed by atoms with Gasteiger partial charge in [0.05, 0.1) is 0 Å². The third-order valence-corrected chi connectivity index (χ3v) is 2.58. The van der Waals surface area contributed by atoms with Crippen LogP contribution in [-0.2, 0) is 11.0 Å². The molecule has 1 rings (SSSR count). The van der Waals surface area contributed by atoms with Crippen LogP contribution in [0.5, 0.6) is 0 Å². The molecule has 0 bridgehead atoms. The third-order valence-electron chi connectivity index (χ3n) is 1.70. The Kier molecular flexibility index (Phi) is 3.81. The van der Waals surface area contributed by atoms with Crippen LogP contribution in [-0.4, -0.2) is 22.6 Å². The number of rotatable bonds is 3. The Hall–Kier alpha value is -1.22. The van der Waals surface area contributed by atoms with Crippen LogP contribution in [0.3, 0.4) is 0 Å². The summed E-state index contributed by atoms with van der Waals surface area (Å²) in [5.41, 5.74) is 5.23. The fourth-order valence-corrected chi connectivity index (χ4v) is 1.34. The van der Waals surface area contributed by atoms with E-state index in [9.17, 15) is 18.0 Å². The fourth-order valence-electron chi connectivity index (χ4n) is 0.724. The molecule has 16 heavy (non-hydrogen) atoms. The molecule has 0 fully saturated rings. The van der Waals surface area contributed by atoms with Crippen LogP contribution in [0.1, 0.15) is 11.9 Å². The van der Waals surface area contributed by atoms with Gasteiger partial charge in [-0.25, -0.2) is 0 Å². The van der Waals surface area contributed by atoms with E-state index in [1.807, 2.05) is 0 Å². The molecule has 0 aromatic carbocycles. The molecule has 0 radical (unpaired) electrons. The lowest BCUT2D eigenvalue weighted by molar-refractivity contribution is -0.138. The van der Waals surface area contributed by atoms with Crippen LogP contribution >= 0.6 is 11.3 Å². The number of alkyl halides is 3. The summed E-state index contributed by atoms with van der Waals surface area (Å²) in [5.74, 6) is -0.967. The Labute approximate surface area is 92.9 Å². The van der Waals surface area contributed by atoms with Crippen molar-refractivity contribution in [3.05, 3.63) is 5.01 Å². The molecule has 9 heteroatoms. The number of carbonyl (C=O) groups is 1. The summed E-state index contributed by atoms with van der Waals surface area (Å²) in [4.78, 5) is 11.3. The van der Waals surface area contributed by atoms with Crippen LogP contribution in [0.2, 0.25) is 0 Å². The second-order valence-electron chi connectivity index (χ2n) is 3.04. The smallest absolute Gasteiger partial charge is 0.330 e. The Morgan fingerprint density at radius 3 is 2.62 bits per heavy atom. The molecule has 1 aromatic heterocycles. The van der Waals surface area contributed by atoms with Gasteiger partial charge in [-0.1, -0.05) is 18.3 Å². The number of carbonyl (C=O) groups excluding carboxylic acids is 1. The van der Waals surface area contributed by atoms with Gasteiger partial charge in [-0.2, -0.15) is 13.2 Å². The zero-order valence-corrected chi connectivity index (χ0v) is 9.02. The summed E-state index contributed by atoms with van der Waals surface area (Å²) in [6, 6.07) is 0. The summed E-state index contributed by atoms with van der Waals surface area (Å²) in [7, 11) is 0. The number of hydrogen-bond donors (Lipinski definition) is 2. The van der Waals surface area contributed by atoms with Crippen LogP contribution in [0.4, 0.5) is 18.3 Å². The average Bonchev–Trinajstić information content (AvgIpc) is 2.64. The molecule has 1 amide bonds. The lowest BCUT2D eigenvalue weighted by Gasteiger charge is -2.06. The van der Waals surface area contributed by atoms with Gasteiger partial charge in [0.1, 0.15) is 0 Å². The minimum Gasteiger partial charge on any atom is -0.330 e. The van der Waals surface area contributed by atoms with Gasteiger partial charge < -0.3 is 11.1 Å². The molecular formula is C7H9F3N4OS. The van der Waals surface area contributed by atoms with Crippen molar-refractivity contribution < 1.29 is 18.0 Å². The summed E-state index contributed by atoms with van der Waals surface area (Å²) in [5, 5.41) is 7.07. The summed E-state index contributed by atoms with van der Waals surface area (Å²) in [6.45, 7) is 1.66. The standard InChI is InChI=1S/C7H9F3N4OS/c1-3(2-11)4(15)12-6-14-13-5(16-6)7(8,9)10/h3H,2,11H2,1H3,(H,12,14,15). The minimum atomic E-state index is -4.54. The van der Waals surface area contributed by atoms with Crippen LogP contribution in [0.15, 0.2) is 0 Å². The van der Waals surface area contributed by atoms with E-state index in [0.717, 1.165) is 0 Å². The van der Waals surface area contributed by atoms with Crippen molar-refractivity contribution >= 4 is 22.4 Å². The van der Waals surface area contributed by atoms with Gasteiger partial charge in [0, 0.05) is 12.5 Å². The number of nitrogens with zero attached hydrogens (tertiary/aromatic N) is 2. The molecule has 0 saturated heterocycles. The monoisotopic (exact) mass is 254 g/mol. The topological polar surface area (TPSA) is 80.9 Å². The van der Waals surface area contributed by atoms with Gasteiger partial charge in [0.2, 0.25) is 16.0 Å². The Morgan fingerprint density at radius 1 is 1.56 bits per heavy atom. The van der Waals surface area contributed by atoms with Crippen LogP contribution in [0, 0.1) is 5.92 Å². The Morgan fingerprint density at radius 2 is 2.19 bits per heavy atom. The normalized spacial score (nSPS) is 13.6. The Bertz CT molecular complexity index is 378. The molecule has 0 aliphatic carbocycles. The molecular weight excluding hydrogens is 245 g/mol. The number of nitrogens with two attached hydrogens (primary N) is 1. The quantitative estimate of drug-likeness (QED) is 0.846. The fraction of sp³-hybridized carbons (Fsp3) is 0.571. The first kappa shape index (κ1) is 12.8. The summed E-state index contributed by atoms with van der Waals surface area (Å²) >= 11 is 0.276. The molecule has 1 unspecified atom stereocenters. The lowest BCUT2D eigenvalue weighted by atomic mass is 10.2. The van der Waals surface area contributed by atoms with Crippen molar-refractivity contribution in [1.29, 1.82) is 0 Å². The van der Waals surface area contributed by atoms with Crippen molar-refractivity contribution in [2.45, 2.75) is 13.1 Å². The maximum atomic E-state index is 12.1. The van der Waals surface area contributed by atoms with E-state index in [4.69, 9.17) is 5.73 Å². The first-order valence-corrected chi connectivity index (χ1v) is 5.08. The second kappa shape index (κ2) is 4.74. The minimum absolute atomic E-state index is 0.108. The predicted molar refractivity (Wildman–Crippen MR) is 51.8 cm³/mol. The van der Waals surface area contributed by atoms with E-state index in [2.05, 4.69) is 15.5 Å². The number of aromatic nitrogens is 2. The van der Waals surface area contributed by atoms with Crippen molar-refractivity contribution in [2.75, 3.05) is 11.9 Å². The summed E-state index contributed by atoms with van der Waals surface area (Å²) < 4.78 is 36.4. The summed E-state index contributed by atoms with van der Waals surface area (Å²) in [6.07, 6.45) is -4.54. The highest BCUT2D eigenvalue weighted by molar-refractivity contribution is 7.15. The second-order valence-corrected chi connectivity index (χ2v) is 4.01. The number of halogens is 3. The van der Waals surface area contributed by atoms with Crippen molar-refractivity contribution in [3.8, 4) is 0 Å². The molecule has 1 aromatic rings. The van der Waals surface area contributed by atoms with Gasteiger partial charge in [-0.3, -0.25) is 4.79 Å². The molecule has 0 saturated carbocycles. The molecule has 1 heterocycles. The van der Waals surface area contributed by atoms with E-state index < -0.39 is 23.0 Å². The predicted octanol–water partition coefficient (Wildman–Crippen LogP) is 1.09. The molecule has 0 aliphatic rings. The van der Waals surface area contributed by atoms with Gasteiger partial charge in [-0.15, -0.1) is 10.2 Å². The maximum Gasteiger partial charge on any atom is 0.445 e. The van der Waals surface area contributed by atoms with E-state index in [-0.39, 0.29) is 23.0 Å². The van der Waals surface area contributed by atoms with E-state index in [1.165, 1.54) is 0 Å². The maximum absolute atomic E-state index is 12.1.